The van der Waals surface area contributed by atoms with Gasteiger partial charge in [0.15, 0.2) is 0 Å². The van der Waals surface area contributed by atoms with E-state index in [-0.39, 0.29) is 29.8 Å². The number of nitrogens with one attached hydrogen (secondary N) is 1. The highest BCUT2D eigenvalue weighted by Gasteiger charge is 2.15. The average Bonchev–Trinajstić information content (AvgIpc) is 2.35. The van der Waals surface area contributed by atoms with Crippen molar-refractivity contribution in [3.63, 3.8) is 0 Å². The molecule has 8 heteroatoms. The van der Waals surface area contributed by atoms with E-state index in [0.29, 0.717) is 0 Å². The van der Waals surface area contributed by atoms with Gasteiger partial charge in [0, 0.05) is 13.0 Å². The SMILES string of the molecule is N#Cc1cc(S(=O)(=O)NCCCC(N)=O)ccc1F. The molecule has 1 rings (SSSR count). The molecule has 0 spiro atoms. The molecule has 6 nitrogen and oxygen atoms in total. The Hall–Kier alpha value is -1.98. The van der Waals surface area contributed by atoms with Crippen molar-refractivity contribution in [3.05, 3.63) is 29.6 Å². The fourth-order valence-electron chi connectivity index (χ4n) is 1.31. The predicted molar refractivity (Wildman–Crippen MR) is 64.7 cm³/mol. The van der Waals surface area contributed by atoms with Crippen LogP contribution in [0, 0.1) is 17.1 Å². The van der Waals surface area contributed by atoms with Crippen LogP contribution in [-0.4, -0.2) is 20.9 Å². The van der Waals surface area contributed by atoms with Gasteiger partial charge in [-0.2, -0.15) is 5.26 Å². The van der Waals surface area contributed by atoms with E-state index in [2.05, 4.69) is 4.72 Å². The molecule has 0 aliphatic rings. The summed E-state index contributed by atoms with van der Waals surface area (Å²) in [5, 5.41) is 8.63. The maximum absolute atomic E-state index is 13.1. The first-order valence-corrected chi connectivity index (χ1v) is 6.83. The summed E-state index contributed by atoms with van der Waals surface area (Å²) in [6.45, 7) is 0.0323. The Morgan fingerprint density at radius 1 is 1.47 bits per heavy atom. The summed E-state index contributed by atoms with van der Waals surface area (Å²) < 4.78 is 38.9. The summed E-state index contributed by atoms with van der Waals surface area (Å²) in [4.78, 5) is 10.3. The number of rotatable bonds is 6. The molecule has 19 heavy (non-hydrogen) atoms. The van der Waals surface area contributed by atoms with E-state index < -0.39 is 21.7 Å². The van der Waals surface area contributed by atoms with Crippen LogP contribution >= 0.6 is 0 Å². The lowest BCUT2D eigenvalue weighted by molar-refractivity contribution is -0.118. The van der Waals surface area contributed by atoms with Crippen molar-refractivity contribution in [2.24, 2.45) is 5.73 Å². The van der Waals surface area contributed by atoms with Crippen molar-refractivity contribution in [1.29, 1.82) is 5.26 Å². The first-order valence-electron chi connectivity index (χ1n) is 5.34. The maximum Gasteiger partial charge on any atom is 0.240 e. The van der Waals surface area contributed by atoms with E-state index in [0.717, 1.165) is 18.2 Å². The summed E-state index contributed by atoms with van der Waals surface area (Å²) in [6.07, 6.45) is 0.330. The van der Waals surface area contributed by atoms with E-state index >= 15 is 0 Å². The Balaban J connectivity index is 2.78. The van der Waals surface area contributed by atoms with Gasteiger partial charge in [-0.15, -0.1) is 0 Å². The van der Waals surface area contributed by atoms with Gasteiger partial charge >= 0.3 is 0 Å². The summed E-state index contributed by atoms with van der Waals surface area (Å²) in [5.74, 6) is -1.30. The van der Waals surface area contributed by atoms with Gasteiger partial charge in [0.2, 0.25) is 15.9 Å². The number of nitriles is 1. The molecule has 0 aliphatic heterocycles. The van der Waals surface area contributed by atoms with E-state index in [1.807, 2.05) is 0 Å². The Morgan fingerprint density at radius 2 is 2.16 bits per heavy atom. The van der Waals surface area contributed by atoms with Gasteiger partial charge in [0.1, 0.15) is 11.9 Å². The minimum Gasteiger partial charge on any atom is -0.370 e. The summed E-state index contributed by atoms with van der Waals surface area (Å²) in [5.41, 5.74) is 4.57. The molecule has 0 saturated heterocycles. The molecule has 1 aromatic rings. The highest BCUT2D eigenvalue weighted by molar-refractivity contribution is 7.89. The molecule has 0 saturated carbocycles. The van der Waals surface area contributed by atoms with Crippen molar-refractivity contribution >= 4 is 15.9 Å². The van der Waals surface area contributed by atoms with Crippen LogP contribution in [0.25, 0.3) is 0 Å². The molecule has 1 amide bonds. The van der Waals surface area contributed by atoms with Crippen molar-refractivity contribution in [1.82, 2.24) is 4.72 Å². The zero-order valence-corrected chi connectivity index (χ0v) is 10.7. The van der Waals surface area contributed by atoms with Crippen LogP contribution in [-0.2, 0) is 14.8 Å². The molecule has 0 heterocycles. The molecular weight excluding hydrogens is 273 g/mol. The lowest BCUT2D eigenvalue weighted by Gasteiger charge is -2.06. The number of hydrogen-bond acceptors (Lipinski definition) is 4. The number of nitrogens with two attached hydrogens (primary N) is 1. The average molecular weight is 285 g/mol. The number of carbonyl (C=O) groups excluding carboxylic acids is 1. The standard InChI is InChI=1S/C11H12FN3O3S/c12-10-4-3-9(6-8(10)7-13)19(17,18)15-5-1-2-11(14)16/h3-4,6,15H,1-2,5H2,(H2,14,16). The minimum atomic E-state index is -3.83. The summed E-state index contributed by atoms with van der Waals surface area (Å²) in [7, 11) is -3.83. The second kappa shape index (κ2) is 6.26. The van der Waals surface area contributed by atoms with Gasteiger partial charge in [-0.3, -0.25) is 4.79 Å². The van der Waals surface area contributed by atoms with Crippen LogP contribution in [0.5, 0.6) is 0 Å². The van der Waals surface area contributed by atoms with E-state index in [1.165, 1.54) is 0 Å². The van der Waals surface area contributed by atoms with Gasteiger partial charge < -0.3 is 5.73 Å². The van der Waals surface area contributed by atoms with E-state index in [9.17, 15) is 17.6 Å². The van der Waals surface area contributed by atoms with Gasteiger partial charge in [-0.05, 0) is 24.6 Å². The van der Waals surface area contributed by atoms with Crippen molar-refractivity contribution in [3.8, 4) is 6.07 Å². The zero-order valence-electron chi connectivity index (χ0n) is 9.89. The highest BCUT2D eigenvalue weighted by atomic mass is 32.2. The second-order valence-corrected chi connectivity index (χ2v) is 5.49. The number of amides is 1. The summed E-state index contributed by atoms with van der Waals surface area (Å²) >= 11 is 0. The van der Waals surface area contributed by atoms with Gasteiger partial charge in [0.05, 0.1) is 10.5 Å². The maximum atomic E-state index is 13.1. The first-order chi connectivity index (χ1) is 8.86. The van der Waals surface area contributed by atoms with Crippen molar-refractivity contribution in [2.45, 2.75) is 17.7 Å². The van der Waals surface area contributed by atoms with Crippen LogP contribution in [0.2, 0.25) is 0 Å². The third-order valence-corrected chi connectivity index (χ3v) is 3.72. The number of hydrogen-bond donors (Lipinski definition) is 2. The molecule has 102 valence electrons. The minimum absolute atomic E-state index is 0.0323. The lowest BCUT2D eigenvalue weighted by Crippen LogP contribution is -2.26. The molecule has 1 aromatic carbocycles. The molecule has 3 N–H and O–H groups in total. The highest BCUT2D eigenvalue weighted by Crippen LogP contribution is 2.14. The molecule has 0 aliphatic carbocycles. The van der Waals surface area contributed by atoms with Gasteiger partial charge in [0.25, 0.3) is 0 Å². The third kappa shape index (κ3) is 4.31. The van der Waals surface area contributed by atoms with Crippen LogP contribution in [0.3, 0.4) is 0 Å². The number of carbonyl (C=O) groups is 1. The van der Waals surface area contributed by atoms with E-state index in [1.54, 1.807) is 6.07 Å². The van der Waals surface area contributed by atoms with Crippen molar-refractivity contribution in [2.75, 3.05) is 6.54 Å². The molecule has 0 bridgehead atoms. The normalized spacial score (nSPS) is 10.9. The number of nitrogens with zero attached hydrogens (tertiary/aromatic N) is 1. The largest absolute Gasteiger partial charge is 0.370 e. The number of sulfonamides is 1. The van der Waals surface area contributed by atoms with Crippen LogP contribution in [0.4, 0.5) is 4.39 Å². The quantitative estimate of drug-likeness (QED) is 0.729. The fraction of sp³-hybridized carbons (Fsp3) is 0.273. The van der Waals surface area contributed by atoms with Crippen molar-refractivity contribution < 1.29 is 17.6 Å². The fourth-order valence-corrected chi connectivity index (χ4v) is 2.41. The second-order valence-electron chi connectivity index (χ2n) is 3.72. The Kier molecular flexibility index (Phi) is 4.97. The van der Waals surface area contributed by atoms with E-state index in [4.69, 9.17) is 11.0 Å². The number of halogens is 1. The number of primary amides is 1. The topological polar surface area (TPSA) is 113 Å². The van der Waals surface area contributed by atoms with Gasteiger partial charge in [-0.1, -0.05) is 0 Å². The Labute approximate surface area is 110 Å². The van der Waals surface area contributed by atoms with Crippen LogP contribution < -0.4 is 10.5 Å². The third-order valence-electron chi connectivity index (χ3n) is 2.26. The van der Waals surface area contributed by atoms with Gasteiger partial charge in [-0.25, -0.2) is 17.5 Å². The molecule has 0 fully saturated rings. The lowest BCUT2D eigenvalue weighted by atomic mass is 10.2. The molecule has 0 atom stereocenters. The molecule has 0 unspecified atom stereocenters. The smallest absolute Gasteiger partial charge is 0.240 e. The monoisotopic (exact) mass is 285 g/mol. The zero-order chi connectivity index (χ0) is 14.5. The molecule has 0 aromatic heterocycles. The first kappa shape index (κ1) is 15.1. The number of benzene rings is 1. The molecular formula is C11H12FN3O3S. The van der Waals surface area contributed by atoms with Crippen LogP contribution in [0.15, 0.2) is 23.1 Å². The predicted octanol–water partition coefficient (Wildman–Crippen LogP) is 0.241. The Morgan fingerprint density at radius 3 is 2.74 bits per heavy atom. The Bertz CT molecular complexity index is 623. The summed E-state index contributed by atoms with van der Waals surface area (Å²) in [6, 6.07) is 4.49. The van der Waals surface area contributed by atoms with Crippen LogP contribution in [0.1, 0.15) is 18.4 Å². The molecule has 0 radical (unpaired) electrons.